The Bertz CT molecular complexity index is 1470. The van der Waals surface area contributed by atoms with E-state index in [1.807, 2.05) is 74.1 Å². The van der Waals surface area contributed by atoms with Gasteiger partial charge in [0.25, 0.3) is 5.91 Å². The molecular formula is C29H31N5O2. The number of likely N-dealkylation sites (tertiary alicyclic amines) is 1. The standard InChI is InChI=1S/C29H31N5O2/c1-17-11-19(5-7-24(17)29(35)31-27-13-21-12-20(27)16-33(21)3)26-14-23(9-10-30-26)36-22-6-8-25-18(2)32-34(4)28(25)15-22/h5-11,14-15,20-21,27H,12-13,16H2,1-4H3,(H,31,35)/t20?,21-,27-/m0/s1. The Labute approximate surface area is 211 Å². The third-order valence-corrected chi connectivity index (χ3v) is 7.87. The maximum absolute atomic E-state index is 13.0. The highest BCUT2D eigenvalue weighted by Gasteiger charge is 2.43. The molecule has 3 atom stereocenters. The number of piperidine rings is 1. The molecular weight excluding hydrogens is 450 g/mol. The number of pyridine rings is 1. The van der Waals surface area contributed by atoms with Gasteiger partial charge in [-0.2, -0.15) is 5.10 Å². The molecule has 0 radical (unpaired) electrons. The number of fused-ring (bicyclic) bond motifs is 3. The Hall–Kier alpha value is -3.71. The Morgan fingerprint density at radius 3 is 2.61 bits per heavy atom. The van der Waals surface area contributed by atoms with Crippen LogP contribution in [0.25, 0.3) is 22.2 Å². The molecule has 2 fully saturated rings. The molecule has 3 heterocycles. The quantitative estimate of drug-likeness (QED) is 0.440. The monoisotopic (exact) mass is 481 g/mol. The maximum Gasteiger partial charge on any atom is 0.251 e. The third kappa shape index (κ3) is 4.03. The number of aromatic nitrogens is 3. The van der Waals surface area contributed by atoms with Gasteiger partial charge in [0.15, 0.2) is 0 Å². The second-order valence-electron chi connectivity index (χ2n) is 10.3. The van der Waals surface area contributed by atoms with Crippen molar-refractivity contribution >= 4 is 16.8 Å². The number of nitrogens with zero attached hydrogens (tertiary/aromatic N) is 4. The lowest BCUT2D eigenvalue weighted by Crippen LogP contribution is -2.44. The topological polar surface area (TPSA) is 72.3 Å². The van der Waals surface area contributed by atoms with E-state index in [1.54, 1.807) is 6.20 Å². The zero-order chi connectivity index (χ0) is 25.0. The zero-order valence-corrected chi connectivity index (χ0v) is 21.2. The lowest BCUT2D eigenvalue weighted by atomic mass is 9.99. The van der Waals surface area contributed by atoms with Gasteiger partial charge in [-0.05, 0) is 75.5 Å². The summed E-state index contributed by atoms with van der Waals surface area (Å²) in [6.07, 6.45) is 3.99. The molecule has 1 saturated carbocycles. The van der Waals surface area contributed by atoms with Crippen molar-refractivity contribution in [1.82, 2.24) is 25.0 Å². The van der Waals surface area contributed by atoms with Gasteiger partial charge < -0.3 is 15.0 Å². The molecule has 2 bridgehead atoms. The largest absolute Gasteiger partial charge is 0.457 e. The highest BCUT2D eigenvalue weighted by atomic mass is 16.5. The van der Waals surface area contributed by atoms with Crippen LogP contribution in [0.2, 0.25) is 0 Å². The minimum absolute atomic E-state index is 0.0186. The summed E-state index contributed by atoms with van der Waals surface area (Å²) in [6.45, 7) is 5.07. The Morgan fingerprint density at radius 2 is 1.86 bits per heavy atom. The summed E-state index contributed by atoms with van der Waals surface area (Å²) >= 11 is 0. The van der Waals surface area contributed by atoms with E-state index < -0.39 is 0 Å². The smallest absolute Gasteiger partial charge is 0.251 e. The average molecular weight is 482 g/mol. The predicted molar refractivity (Wildman–Crippen MR) is 140 cm³/mol. The van der Waals surface area contributed by atoms with E-state index in [-0.39, 0.29) is 11.9 Å². The number of ether oxygens (including phenoxy) is 1. The summed E-state index contributed by atoms with van der Waals surface area (Å²) < 4.78 is 8.03. The number of aryl methyl sites for hydroxylation is 3. The molecule has 1 N–H and O–H groups in total. The van der Waals surface area contributed by atoms with Crippen LogP contribution >= 0.6 is 0 Å². The molecule has 36 heavy (non-hydrogen) atoms. The van der Waals surface area contributed by atoms with Crippen LogP contribution in [0.3, 0.4) is 0 Å². The molecule has 1 saturated heterocycles. The molecule has 7 heteroatoms. The van der Waals surface area contributed by atoms with Crippen molar-refractivity contribution in [2.24, 2.45) is 13.0 Å². The third-order valence-electron chi connectivity index (χ3n) is 7.87. The fraction of sp³-hybridized carbons (Fsp3) is 0.345. The second kappa shape index (κ2) is 8.75. The van der Waals surface area contributed by atoms with Gasteiger partial charge in [0.05, 0.1) is 16.9 Å². The number of benzene rings is 2. The van der Waals surface area contributed by atoms with E-state index >= 15 is 0 Å². The van der Waals surface area contributed by atoms with E-state index in [0.29, 0.717) is 17.7 Å². The number of carbonyl (C=O) groups excluding carboxylic acids is 1. The summed E-state index contributed by atoms with van der Waals surface area (Å²) in [4.78, 5) is 20.0. The van der Waals surface area contributed by atoms with Gasteiger partial charge in [-0.15, -0.1) is 0 Å². The number of hydrogen-bond donors (Lipinski definition) is 1. The lowest BCUT2D eigenvalue weighted by molar-refractivity contribution is 0.0912. The normalized spacial score (nSPS) is 21.3. The van der Waals surface area contributed by atoms with Crippen molar-refractivity contribution in [3.8, 4) is 22.8 Å². The molecule has 184 valence electrons. The van der Waals surface area contributed by atoms with Crippen molar-refractivity contribution in [2.75, 3.05) is 13.6 Å². The van der Waals surface area contributed by atoms with Crippen LogP contribution in [-0.4, -0.2) is 51.2 Å². The number of amides is 1. The average Bonchev–Trinajstić information content (AvgIpc) is 3.51. The molecule has 2 aromatic heterocycles. The number of rotatable bonds is 5. The second-order valence-corrected chi connectivity index (χ2v) is 10.3. The van der Waals surface area contributed by atoms with Crippen molar-refractivity contribution in [2.45, 2.75) is 38.8 Å². The van der Waals surface area contributed by atoms with Crippen molar-refractivity contribution in [3.63, 3.8) is 0 Å². The van der Waals surface area contributed by atoms with Crippen LogP contribution in [0, 0.1) is 19.8 Å². The first-order chi connectivity index (χ1) is 17.4. The lowest BCUT2D eigenvalue weighted by Gasteiger charge is -2.29. The van der Waals surface area contributed by atoms with Crippen LogP contribution in [-0.2, 0) is 7.05 Å². The molecule has 6 rings (SSSR count). The minimum atomic E-state index is 0.0186. The van der Waals surface area contributed by atoms with Crippen LogP contribution in [0.4, 0.5) is 0 Å². The number of nitrogens with one attached hydrogen (secondary N) is 1. The first-order valence-corrected chi connectivity index (χ1v) is 12.5. The Morgan fingerprint density at radius 1 is 1.03 bits per heavy atom. The molecule has 1 amide bonds. The molecule has 4 aromatic rings. The van der Waals surface area contributed by atoms with E-state index in [0.717, 1.165) is 57.7 Å². The zero-order valence-electron chi connectivity index (χ0n) is 21.2. The van der Waals surface area contributed by atoms with Crippen LogP contribution in [0.5, 0.6) is 11.5 Å². The predicted octanol–water partition coefficient (Wildman–Crippen LogP) is 4.87. The van der Waals surface area contributed by atoms with Crippen molar-refractivity contribution in [1.29, 1.82) is 0 Å². The first kappa shape index (κ1) is 22.7. The Kier molecular flexibility index (Phi) is 5.52. The van der Waals surface area contributed by atoms with Crippen LogP contribution in [0.1, 0.15) is 34.5 Å². The summed E-state index contributed by atoms with van der Waals surface area (Å²) in [5, 5.41) is 8.89. The van der Waals surface area contributed by atoms with Crippen LogP contribution < -0.4 is 10.1 Å². The fourth-order valence-electron chi connectivity index (χ4n) is 5.93. The van der Waals surface area contributed by atoms with E-state index in [9.17, 15) is 4.79 Å². The summed E-state index contributed by atoms with van der Waals surface area (Å²) in [5.41, 5.74) is 5.45. The highest BCUT2D eigenvalue weighted by molar-refractivity contribution is 5.96. The van der Waals surface area contributed by atoms with Gasteiger partial charge in [0.1, 0.15) is 11.5 Å². The summed E-state index contributed by atoms with van der Waals surface area (Å²) in [7, 11) is 4.12. The molecule has 7 nitrogen and oxygen atoms in total. The molecule has 1 unspecified atom stereocenters. The molecule has 0 spiro atoms. The van der Waals surface area contributed by atoms with E-state index in [4.69, 9.17) is 4.74 Å². The number of carbonyl (C=O) groups is 1. The maximum atomic E-state index is 13.0. The van der Waals surface area contributed by atoms with Gasteiger partial charge >= 0.3 is 0 Å². The fourth-order valence-corrected chi connectivity index (χ4v) is 5.93. The molecule has 2 aliphatic rings. The van der Waals surface area contributed by atoms with Gasteiger partial charge in [-0.3, -0.25) is 14.5 Å². The molecule has 1 aliphatic heterocycles. The van der Waals surface area contributed by atoms with Crippen LogP contribution in [0.15, 0.2) is 54.7 Å². The molecule has 1 aliphatic carbocycles. The van der Waals surface area contributed by atoms with Gasteiger partial charge in [0, 0.05) is 60.5 Å². The number of hydrogen-bond acceptors (Lipinski definition) is 5. The minimum Gasteiger partial charge on any atom is -0.457 e. The Balaban J connectivity index is 1.18. The van der Waals surface area contributed by atoms with Gasteiger partial charge in [0.2, 0.25) is 0 Å². The SMILES string of the molecule is Cc1cc(-c2cc(Oc3ccc4c(C)nn(C)c4c3)ccn2)ccc1C(=O)N[C@H]1C[C@@H]2CC1CN2C. The summed E-state index contributed by atoms with van der Waals surface area (Å²) in [5.74, 6) is 2.04. The van der Waals surface area contributed by atoms with Gasteiger partial charge in [-0.25, -0.2) is 0 Å². The van der Waals surface area contributed by atoms with E-state index in [2.05, 4.69) is 27.3 Å². The first-order valence-electron chi connectivity index (χ1n) is 12.5. The molecule has 2 aromatic carbocycles. The van der Waals surface area contributed by atoms with Gasteiger partial charge in [-0.1, -0.05) is 6.07 Å². The van der Waals surface area contributed by atoms with Crippen molar-refractivity contribution in [3.05, 3.63) is 71.5 Å². The summed E-state index contributed by atoms with van der Waals surface area (Å²) in [6, 6.07) is 16.6. The van der Waals surface area contributed by atoms with E-state index in [1.165, 1.54) is 6.42 Å². The highest BCUT2D eigenvalue weighted by Crippen LogP contribution is 2.37. The van der Waals surface area contributed by atoms with Crippen molar-refractivity contribution < 1.29 is 9.53 Å².